The zero-order chi connectivity index (χ0) is 18.2. The predicted molar refractivity (Wildman–Crippen MR) is 89.1 cm³/mol. The van der Waals surface area contributed by atoms with Crippen LogP contribution in [0.25, 0.3) is 0 Å². The molecule has 0 saturated carbocycles. The summed E-state index contributed by atoms with van der Waals surface area (Å²) in [4.78, 5) is 21.5. The molecule has 2 aromatic rings. The first kappa shape index (κ1) is 16.7. The van der Waals surface area contributed by atoms with Crippen LogP contribution in [-0.4, -0.2) is 25.4 Å². The molecule has 1 aliphatic rings. The van der Waals surface area contributed by atoms with Gasteiger partial charge in [-0.25, -0.2) is 8.42 Å². The summed E-state index contributed by atoms with van der Waals surface area (Å²) in [5.74, 6) is 0.105. The molecule has 1 unspecified atom stereocenters. The Kier molecular flexibility index (Phi) is 4.05. The number of ether oxygens (including phenoxy) is 1. The molecule has 1 aliphatic heterocycles. The molecule has 0 aromatic heterocycles. The lowest BCUT2D eigenvalue weighted by Gasteiger charge is -2.23. The van der Waals surface area contributed by atoms with Crippen LogP contribution in [0.4, 0.5) is 17.1 Å². The van der Waals surface area contributed by atoms with Crippen LogP contribution in [0, 0.1) is 10.1 Å². The third-order valence-corrected chi connectivity index (χ3v) is 4.92. The number of nitro benzene ring substituents is 1. The second kappa shape index (κ2) is 6.06. The molecule has 10 heteroatoms. The molecule has 1 amide bonds. The molecule has 0 aliphatic carbocycles. The van der Waals surface area contributed by atoms with Crippen molar-refractivity contribution in [3.63, 3.8) is 0 Å². The molecule has 0 bridgehead atoms. The maximum absolute atomic E-state index is 12.4. The van der Waals surface area contributed by atoms with Crippen molar-refractivity contribution in [2.75, 3.05) is 10.0 Å². The van der Waals surface area contributed by atoms with Gasteiger partial charge in [0.05, 0.1) is 21.2 Å². The van der Waals surface area contributed by atoms with Gasteiger partial charge in [-0.15, -0.1) is 0 Å². The van der Waals surface area contributed by atoms with Crippen molar-refractivity contribution in [2.45, 2.75) is 17.9 Å². The SMILES string of the molecule is CC1Oc2ccc(NS(=O)(=O)c3ccc([N+](=O)[O-])cc3)cc2NC1=O. The Labute approximate surface area is 142 Å². The number of nitro groups is 1. The number of hydrogen-bond donors (Lipinski definition) is 2. The first-order valence-electron chi connectivity index (χ1n) is 7.15. The standard InChI is InChI=1S/C15H13N3O6S/c1-9-15(19)16-13-8-10(2-7-14(13)24-9)17-25(22,23)12-5-3-11(4-6-12)18(20)21/h2-9,17H,1H3,(H,16,19). The van der Waals surface area contributed by atoms with Gasteiger partial charge in [0.15, 0.2) is 6.10 Å². The molecular weight excluding hydrogens is 350 g/mol. The summed E-state index contributed by atoms with van der Waals surface area (Å²) in [5.41, 5.74) is 0.365. The van der Waals surface area contributed by atoms with E-state index in [0.717, 1.165) is 24.3 Å². The minimum atomic E-state index is -3.93. The number of sulfonamides is 1. The van der Waals surface area contributed by atoms with E-state index in [1.165, 1.54) is 12.1 Å². The first-order chi connectivity index (χ1) is 11.8. The van der Waals surface area contributed by atoms with Crippen LogP contribution in [0.5, 0.6) is 5.75 Å². The number of carbonyl (C=O) groups excluding carboxylic acids is 1. The maximum Gasteiger partial charge on any atom is 0.269 e. The highest BCUT2D eigenvalue weighted by Crippen LogP contribution is 2.33. The number of fused-ring (bicyclic) bond motifs is 1. The van der Waals surface area contributed by atoms with Gasteiger partial charge in [0.25, 0.3) is 21.6 Å². The largest absolute Gasteiger partial charge is 0.479 e. The van der Waals surface area contributed by atoms with E-state index in [2.05, 4.69) is 10.0 Å². The van der Waals surface area contributed by atoms with Crippen molar-refractivity contribution in [1.29, 1.82) is 0 Å². The number of hydrogen-bond acceptors (Lipinski definition) is 6. The zero-order valence-corrected chi connectivity index (χ0v) is 13.7. The van der Waals surface area contributed by atoms with E-state index in [4.69, 9.17) is 4.74 Å². The molecule has 0 radical (unpaired) electrons. The molecule has 1 heterocycles. The molecule has 2 aromatic carbocycles. The quantitative estimate of drug-likeness (QED) is 0.632. The van der Waals surface area contributed by atoms with Gasteiger partial charge in [-0.3, -0.25) is 19.6 Å². The van der Waals surface area contributed by atoms with Crippen molar-refractivity contribution in [3.8, 4) is 5.75 Å². The highest BCUT2D eigenvalue weighted by molar-refractivity contribution is 7.92. The van der Waals surface area contributed by atoms with Crippen LogP contribution in [-0.2, 0) is 14.8 Å². The minimum absolute atomic E-state index is 0.121. The fourth-order valence-electron chi connectivity index (χ4n) is 2.23. The fraction of sp³-hybridized carbons (Fsp3) is 0.133. The highest BCUT2D eigenvalue weighted by atomic mass is 32.2. The lowest BCUT2D eigenvalue weighted by Crippen LogP contribution is -2.34. The average molecular weight is 363 g/mol. The van der Waals surface area contributed by atoms with Crippen LogP contribution >= 0.6 is 0 Å². The predicted octanol–water partition coefficient (Wildman–Crippen LogP) is 2.11. The monoisotopic (exact) mass is 363 g/mol. The third kappa shape index (κ3) is 3.38. The van der Waals surface area contributed by atoms with E-state index >= 15 is 0 Å². The van der Waals surface area contributed by atoms with Gasteiger partial charge in [0.2, 0.25) is 0 Å². The van der Waals surface area contributed by atoms with E-state index in [0.29, 0.717) is 11.4 Å². The number of anilines is 2. The number of amides is 1. The van der Waals surface area contributed by atoms with E-state index in [1.54, 1.807) is 13.0 Å². The van der Waals surface area contributed by atoms with Crippen LogP contribution in [0.1, 0.15) is 6.92 Å². The molecule has 0 saturated heterocycles. The second-order valence-corrected chi connectivity index (χ2v) is 7.00. The van der Waals surface area contributed by atoms with Crippen molar-refractivity contribution >= 4 is 33.0 Å². The van der Waals surface area contributed by atoms with Crippen molar-refractivity contribution < 1.29 is 22.9 Å². The van der Waals surface area contributed by atoms with Gasteiger partial charge in [-0.05, 0) is 37.3 Å². The van der Waals surface area contributed by atoms with Gasteiger partial charge < -0.3 is 10.1 Å². The number of nitrogens with one attached hydrogen (secondary N) is 2. The van der Waals surface area contributed by atoms with Gasteiger partial charge >= 0.3 is 0 Å². The summed E-state index contributed by atoms with van der Waals surface area (Å²) in [5, 5.41) is 13.3. The highest BCUT2D eigenvalue weighted by Gasteiger charge is 2.24. The van der Waals surface area contributed by atoms with Crippen molar-refractivity contribution in [2.24, 2.45) is 0 Å². The molecule has 25 heavy (non-hydrogen) atoms. The van der Waals surface area contributed by atoms with Crippen LogP contribution in [0.3, 0.4) is 0 Å². The molecule has 0 fully saturated rings. The summed E-state index contributed by atoms with van der Waals surface area (Å²) in [6.07, 6.45) is -0.629. The van der Waals surface area contributed by atoms with Crippen LogP contribution in [0.15, 0.2) is 47.4 Å². The fourth-order valence-corrected chi connectivity index (χ4v) is 3.28. The first-order valence-corrected chi connectivity index (χ1v) is 8.63. The molecular formula is C15H13N3O6S. The van der Waals surface area contributed by atoms with Crippen molar-refractivity contribution in [3.05, 3.63) is 52.6 Å². The smallest absolute Gasteiger partial charge is 0.269 e. The van der Waals surface area contributed by atoms with Crippen molar-refractivity contribution in [1.82, 2.24) is 0 Å². The maximum atomic E-state index is 12.4. The summed E-state index contributed by atoms with van der Waals surface area (Å²) < 4.78 is 32.5. The van der Waals surface area contributed by atoms with Gasteiger partial charge in [0.1, 0.15) is 5.75 Å². The van der Waals surface area contributed by atoms with Gasteiger partial charge in [0, 0.05) is 12.1 Å². The molecule has 1 atom stereocenters. The molecule has 0 spiro atoms. The summed E-state index contributed by atoms with van der Waals surface area (Å²) in [7, 11) is -3.93. The molecule has 2 N–H and O–H groups in total. The zero-order valence-electron chi connectivity index (χ0n) is 12.9. The van der Waals surface area contributed by atoms with E-state index in [1.807, 2.05) is 0 Å². The summed E-state index contributed by atoms with van der Waals surface area (Å²) in [6, 6.07) is 8.97. The Hall–Kier alpha value is -3.14. The Morgan fingerprint density at radius 2 is 1.88 bits per heavy atom. The normalized spacial score (nSPS) is 16.4. The van der Waals surface area contributed by atoms with E-state index in [-0.39, 0.29) is 22.2 Å². The van der Waals surface area contributed by atoms with Crippen LogP contribution in [0.2, 0.25) is 0 Å². The Morgan fingerprint density at radius 1 is 1.20 bits per heavy atom. The number of nitrogens with zero attached hydrogens (tertiary/aromatic N) is 1. The van der Waals surface area contributed by atoms with E-state index in [9.17, 15) is 23.3 Å². The second-order valence-electron chi connectivity index (χ2n) is 5.32. The molecule has 9 nitrogen and oxygen atoms in total. The van der Waals surface area contributed by atoms with E-state index < -0.39 is 21.1 Å². The lowest BCUT2D eigenvalue weighted by molar-refractivity contribution is -0.384. The topological polar surface area (TPSA) is 128 Å². The third-order valence-electron chi connectivity index (χ3n) is 3.52. The molecule has 130 valence electrons. The lowest BCUT2D eigenvalue weighted by atomic mass is 10.2. The number of rotatable bonds is 4. The summed E-state index contributed by atoms with van der Waals surface area (Å²) >= 11 is 0. The summed E-state index contributed by atoms with van der Waals surface area (Å²) in [6.45, 7) is 1.60. The Bertz CT molecular complexity index is 956. The molecule has 3 rings (SSSR count). The Morgan fingerprint density at radius 3 is 2.52 bits per heavy atom. The average Bonchev–Trinajstić information content (AvgIpc) is 2.56. The van der Waals surface area contributed by atoms with Gasteiger partial charge in [-0.2, -0.15) is 0 Å². The van der Waals surface area contributed by atoms with Gasteiger partial charge in [-0.1, -0.05) is 0 Å². The number of benzene rings is 2. The number of non-ortho nitro benzene ring substituents is 1. The minimum Gasteiger partial charge on any atom is -0.479 e. The van der Waals surface area contributed by atoms with Crippen LogP contribution < -0.4 is 14.8 Å². The Balaban J connectivity index is 1.85. The number of carbonyl (C=O) groups is 1.